The van der Waals surface area contributed by atoms with E-state index < -0.39 is 35.6 Å². The van der Waals surface area contributed by atoms with Crippen LogP contribution in [-0.2, 0) is 16.0 Å². The number of amides is 2. The second-order valence-electron chi connectivity index (χ2n) is 7.37. The lowest BCUT2D eigenvalue weighted by molar-refractivity contribution is -0.128. The summed E-state index contributed by atoms with van der Waals surface area (Å²) in [6, 6.07) is 7.42. The first-order valence-electron chi connectivity index (χ1n) is 9.76. The van der Waals surface area contributed by atoms with E-state index in [4.69, 9.17) is 4.74 Å². The molecule has 9 heteroatoms. The van der Waals surface area contributed by atoms with Crippen LogP contribution < -0.4 is 15.4 Å². The molecular formula is C22H21F2N3O4. The Morgan fingerprint density at radius 1 is 1.23 bits per heavy atom. The maximum absolute atomic E-state index is 14.2. The number of aliphatic hydroxyl groups excluding tert-OH is 1. The number of methoxy groups -OCH3 is 1. The van der Waals surface area contributed by atoms with Crippen LogP contribution in [0.4, 0.5) is 8.78 Å². The molecule has 2 aromatic carbocycles. The predicted octanol–water partition coefficient (Wildman–Crippen LogP) is 2.03. The Morgan fingerprint density at radius 2 is 1.97 bits per heavy atom. The minimum atomic E-state index is -0.996. The molecule has 0 bridgehead atoms. The van der Waals surface area contributed by atoms with Crippen molar-refractivity contribution >= 4 is 22.7 Å². The van der Waals surface area contributed by atoms with E-state index in [0.717, 1.165) is 0 Å². The van der Waals surface area contributed by atoms with Crippen molar-refractivity contribution in [2.24, 2.45) is 0 Å². The van der Waals surface area contributed by atoms with Crippen LogP contribution in [-0.4, -0.2) is 47.7 Å². The molecular weight excluding hydrogens is 408 g/mol. The van der Waals surface area contributed by atoms with Crippen molar-refractivity contribution in [2.75, 3.05) is 13.7 Å². The Hall–Kier alpha value is -3.46. The summed E-state index contributed by atoms with van der Waals surface area (Å²) in [5.74, 6) is -1.45. The fraction of sp³-hybridized carbons (Fsp3) is 0.273. The number of carbonyl (C=O) groups excluding carboxylic acids is 2. The first-order valence-corrected chi connectivity index (χ1v) is 9.76. The SMILES string of the molecule is COc1cc(F)cc2c(CCC(=O)N[C@@H]3C(=O)NC[C@H]3O)c(-c3ccc(F)cc3)[nH]c12. The van der Waals surface area contributed by atoms with Gasteiger partial charge in [-0.15, -0.1) is 0 Å². The van der Waals surface area contributed by atoms with Gasteiger partial charge in [0.2, 0.25) is 11.8 Å². The van der Waals surface area contributed by atoms with Crippen LogP contribution in [0, 0.1) is 11.6 Å². The van der Waals surface area contributed by atoms with Crippen molar-refractivity contribution in [1.29, 1.82) is 0 Å². The molecule has 1 fully saturated rings. The zero-order chi connectivity index (χ0) is 22.1. The van der Waals surface area contributed by atoms with E-state index in [1.165, 1.54) is 31.4 Å². The Morgan fingerprint density at radius 3 is 2.61 bits per heavy atom. The molecule has 4 N–H and O–H groups in total. The van der Waals surface area contributed by atoms with Gasteiger partial charge in [-0.3, -0.25) is 9.59 Å². The lowest BCUT2D eigenvalue weighted by Crippen LogP contribution is -2.45. The van der Waals surface area contributed by atoms with Gasteiger partial charge in [0.1, 0.15) is 29.5 Å². The van der Waals surface area contributed by atoms with Crippen molar-refractivity contribution in [3.05, 3.63) is 53.6 Å². The minimum Gasteiger partial charge on any atom is -0.494 e. The number of hydrogen-bond acceptors (Lipinski definition) is 4. The standard InChI is InChI=1S/C22H21F2N3O4/c1-31-17-9-13(24)8-15-14(6-7-18(29)26-21-16(28)10-25-22(21)30)19(27-20(15)17)11-2-4-12(23)5-3-11/h2-5,8-9,16,21,27-28H,6-7,10H2,1H3,(H,25,30)(H,26,29)/t16-,21+/m1/s1. The van der Waals surface area contributed by atoms with Crippen LogP contribution in [0.2, 0.25) is 0 Å². The highest BCUT2D eigenvalue weighted by molar-refractivity contribution is 5.95. The van der Waals surface area contributed by atoms with Gasteiger partial charge in [-0.05, 0) is 47.9 Å². The molecule has 4 rings (SSSR count). The van der Waals surface area contributed by atoms with E-state index >= 15 is 0 Å². The van der Waals surface area contributed by atoms with E-state index in [2.05, 4.69) is 15.6 Å². The second kappa shape index (κ2) is 8.35. The molecule has 0 radical (unpaired) electrons. The molecule has 1 aliphatic rings. The van der Waals surface area contributed by atoms with Crippen molar-refractivity contribution in [1.82, 2.24) is 15.6 Å². The Kier molecular flexibility index (Phi) is 5.60. The zero-order valence-electron chi connectivity index (χ0n) is 16.7. The average Bonchev–Trinajstić information content (AvgIpc) is 3.27. The molecule has 7 nitrogen and oxygen atoms in total. The fourth-order valence-corrected chi connectivity index (χ4v) is 3.82. The minimum absolute atomic E-state index is 0.00350. The predicted molar refractivity (Wildman–Crippen MR) is 109 cm³/mol. The summed E-state index contributed by atoms with van der Waals surface area (Å²) in [4.78, 5) is 27.4. The second-order valence-corrected chi connectivity index (χ2v) is 7.37. The third-order valence-corrected chi connectivity index (χ3v) is 5.37. The number of benzene rings is 2. The average molecular weight is 429 g/mol. The molecule has 0 unspecified atom stereocenters. The number of rotatable bonds is 6. The molecule has 1 aromatic heterocycles. The topological polar surface area (TPSA) is 103 Å². The summed E-state index contributed by atoms with van der Waals surface area (Å²) < 4.78 is 32.9. The summed E-state index contributed by atoms with van der Waals surface area (Å²) in [5.41, 5.74) is 2.50. The highest BCUT2D eigenvalue weighted by Gasteiger charge is 2.34. The van der Waals surface area contributed by atoms with Crippen LogP contribution in [0.25, 0.3) is 22.2 Å². The molecule has 2 atom stereocenters. The van der Waals surface area contributed by atoms with E-state index in [1.54, 1.807) is 12.1 Å². The van der Waals surface area contributed by atoms with Gasteiger partial charge in [-0.2, -0.15) is 0 Å². The summed E-state index contributed by atoms with van der Waals surface area (Å²) in [5, 5.41) is 15.4. The molecule has 1 saturated heterocycles. The van der Waals surface area contributed by atoms with E-state index in [9.17, 15) is 23.5 Å². The van der Waals surface area contributed by atoms with E-state index in [1.807, 2.05) is 0 Å². The number of aliphatic hydroxyl groups is 1. The smallest absolute Gasteiger partial charge is 0.245 e. The number of hydrogen-bond donors (Lipinski definition) is 4. The van der Waals surface area contributed by atoms with Crippen LogP contribution in [0.1, 0.15) is 12.0 Å². The monoisotopic (exact) mass is 429 g/mol. The van der Waals surface area contributed by atoms with Crippen LogP contribution in [0.15, 0.2) is 36.4 Å². The van der Waals surface area contributed by atoms with Crippen molar-refractivity contribution in [3.63, 3.8) is 0 Å². The molecule has 0 saturated carbocycles. The molecule has 162 valence electrons. The first kappa shape index (κ1) is 20.8. The van der Waals surface area contributed by atoms with Crippen molar-refractivity contribution in [3.8, 4) is 17.0 Å². The first-order chi connectivity index (χ1) is 14.9. The lowest BCUT2D eigenvalue weighted by Gasteiger charge is -2.14. The number of ether oxygens (including phenoxy) is 1. The number of fused-ring (bicyclic) bond motifs is 1. The van der Waals surface area contributed by atoms with Gasteiger partial charge in [0.15, 0.2) is 0 Å². The van der Waals surface area contributed by atoms with Gasteiger partial charge in [-0.1, -0.05) is 0 Å². The fourth-order valence-electron chi connectivity index (χ4n) is 3.82. The molecule has 0 aliphatic carbocycles. The van der Waals surface area contributed by atoms with Gasteiger partial charge < -0.3 is 25.5 Å². The van der Waals surface area contributed by atoms with E-state index in [0.29, 0.717) is 33.5 Å². The molecule has 2 heterocycles. The summed E-state index contributed by atoms with van der Waals surface area (Å²) in [6.07, 6.45) is -0.774. The number of aromatic amines is 1. The van der Waals surface area contributed by atoms with Gasteiger partial charge in [0.25, 0.3) is 0 Å². The van der Waals surface area contributed by atoms with E-state index in [-0.39, 0.29) is 19.4 Å². The molecule has 31 heavy (non-hydrogen) atoms. The van der Waals surface area contributed by atoms with Crippen LogP contribution in [0.5, 0.6) is 5.75 Å². The maximum Gasteiger partial charge on any atom is 0.245 e. The third-order valence-electron chi connectivity index (χ3n) is 5.37. The quantitative estimate of drug-likeness (QED) is 0.481. The van der Waals surface area contributed by atoms with Crippen LogP contribution in [0.3, 0.4) is 0 Å². The van der Waals surface area contributed by atoms with Gasteiger partial charge in [0.05, 0.1) is 12.6 Å². The van der Waals surface area contributed by atoms with Gasteiger partial charge in [0, 0.05) is 30.1 Å². The van der Waals surface area contributed by atoms with Gasteiger partial charge in [-0.25, -0.2) is 8.78 Å². The largest absolute Gasteiger partial charge is 0.494 e. The summed E-state index contributed by atoms with van der Waals surface area (Å²) >= 11 is 0. The molecule has 1 aliphatic heterocycles. The molecule has 0 spiro atoms. The molecule has 2 amide bonds. The number of aryl methyl sites for hydroxylation is 1. The highest BCUT2D eigenvalue weighted by atomic mass is 19.1. The third kappa shape index (κ3) is 4.09. The number of H-pyrrole nitrogens is 1. The number of nitrogens with one attached hydrogen (secondary N) is 3. The lowest BCUT2D eigenvalue weighted by atomic mass is 10.0. The van der Waals surface area contributed by atoms with Crippen molar-refractivity contribution < 1.29 is 28.2 Å². The Balaban J connectivity index is 1.67. The number of β-amino-alcohol motifs (C(OH)–C–C–N with tert-alkyl or cyclic N) is 1. The Labute approximate surface area is 176 Å². The van der Waals surface area contributed by atoms with Crippen molar-refractivity contribution in [2.45, 2.75) is 25.0 Å². The number of halogens is 2. The number of carbonyl (C=O) groups is 2. The molecule has 3 aromatic rings. The Bertz CT molecular complexity index is 1140. The normalized spacial score (nSPS) is 18.3. The summed E-state index contributed by atoms with van der Waals surface area (Å²) in [7, 11) is 1.43. The number of aromatic nitrogens is 1. The highest BCUT2D eigenvalue weighted by Crippen LogP contribution is 2.36. The maximum atomic E-state index is 14.2. The van der Waals surface area contributed by atoms with Crippen LogP contribution >= 0.6 is 0 Å². The zero-order valence-corrected chi connectivity index (χ0v) is 16.7. The van der Waals surface area contributed by atoms with Gasteiger partial charge >= 0.3 is 0 Å². The summed E-state index contributed by atoms with van der Waals surface area (Å²) in [6.45, 7) is 0.0833.